The molecule has 0 unspecified atom stereocenters. The highest BCUT2D eigenvalue weighted by Gasteiger charge is 2.55. The minimum Gasteiger partial charge on any atom is -0.327 e. The van der Waals surface area contributed by atoms with Crippen molar-refractivity contribution >= 4 is 11.7 Å². The molecule has 2 aliphatic rings. The number of nitrogens with zero attached hydrogens (tertiary/aromatic N) is 1. The first-order chi connectivity index (χ1) is 6.06. The Labute approximate surface area is 75.9 Å². The zero-order valence-electron chi connectivity index (χ0n) is 7.55. The summed E-state index contributed by atoms with van der Waals surface area (Å²) in [6.07, 6.45) is 0.0789. The number of hydrogen-bond donors (Lipinski definition) is 0. The van der Waals surface area contributed by atoms with Crippen molar-refractivity contribution < 1.29 is 14.0 Å². The topological polar surface area (TPSA) is 37.4 Å². The SMILES string of the molecule is CC(=O)[C@@]12CCC(=O)N1C[C@H](F)C2. The van der Waals surface area contributed by atoms with E-state index in [1.165, 1.54) is 11.8 Å². The van der Waals surface area contributed by atoms with Crippen LogP contribution in [-0.4, -0.2) is 34.8 Å². The average molecular weight is 185 g/mol. The van der Waals surface area contributed by atoms with Crippen LogP contribution in [0.1, 0.15) is 26.2 Å². The summed E-state index contributed by atoms with van der Waals surface area (Å²) in [6.45, 7) is 1.56. The number of amides is 1. The fraction of sp³-hybridized carbons (Fsp3) is 0.778. The predicted molar refractivity (Wildman–Crippen MR) is 43.9 cm³/mol. The molecule has 2 aliphatic heterocycles. The standard InChI is InChI=1S/C9H12FNO2/c1-6(12)9-3-2-8(13)11(9)5-7(10)4-9/h7H,2-5H2,1H3/t7-,9+/m1/s1. The number of carbonyl (C=O) groups is 2. The van der Waals surface area contributed by atoms with E-state index in [2.05, 4.69) is 0 Å². The molecule has 0 spiro atoms. The van der Waals surface area contributed by atoms with E-state index in [1.54, 1.807) is 0 Å². The number of carbonyl (C=O) groups excluding carboxylic acids is 2. The summed E-state index contributed by atoms with van der Waals surface area (Å²) in [5.74, 6) is -0.145. The van der Waals surface area contributed by atoms with Crippen LogP contribution in [0.3, 0.4) is 0 Å². The molecule has 0 aromatic rings. The molecule has 0 N–H and O–H groups in total. The number of ketones is 1. The van der Waals surface area contributed by atoms with Gasteiger partial charge >= 0.3 is 0 Å². The second kappa shape index (κ2) is 2.53. The normalized spacial score (nSPS) is 38.2. The first kappa shape index (κ1) is 8.66. The molecule has 0 bridgehead atoms. The van der Waals surface area contributed by atoms with Gasteiger partial charge in [0.05, 0.1) is 6.54 Å². The summed E-state index contributed by atoms with van der Waals surface area (Å²) >= 11 is 0. The highest BCUT2D eigenvalue weighted by molar-refractivity contribution is 5.95. The zero-order chi connectivity index (χ0) is 9.64. The Bertz CT molecular complexity index is 279. The lowest BCUT2D eigenvalue weighted by atomic mass is 9.90. The summed E-state index contributed by atoms with van der Waals surface area (Å²) in [4.78, 5) is 24.1. The van der Waals surface area contributed by atoms with E-state index >= 15 is 0 Å². The van der Waals surface area contributed by atoms with Crippen LogP contribution in [0.25, 0.3) is 0 Å². The lowest BCUT2D eigenvalue weighted by Gasteiger charge is -2.28. The highest BCUT2D eigenvalue weighted by Crippen LogP contribution is 2.41. The van der Waals surface area contributed by atoms with Crippen LogP contribution < -0.4 is 0 Å². The Morgan fingerprint density at radius 3 is 2.92 bits per heavy atom. The Hall–Kier alpha value is -0.930. The quantitative estimate of drug-likeness (QED) is 0.602. The van der Waals surface area contributed by atoms with E-state index in [-0.39, 0.29) is 24.7 Å². The van der Waals surface area contributed by atoms with Crippen molar-refractivity contribution in [1.29, 1.82) is 0 Å². The lowest BCUT2D eigenvalue weighted by molar-refractivity contribution is -0.136. The Kier molecular flexibility index (Phi) is 1.68. The van der Waals surface area contributed by atoms with Gasteiger partial charge in [0.25, 0.3) is 0 Å². The summed E-state index contributed by atoms with van der Waals surface area (Å²) in [5, 5.41) is 0. The van der Waals surface area contributed by atoms with Gasteiger partial charge in [0.2, 0.25) is 5.91 Å². The summed E-state index contributed by atoms with van der Waals surface area (Å²) in [6, 6.07) is 0. The second-order valence-corrected chi connectivity index (χ2v) is 3.89. The van der Waals surface area contributed by atoms with Crippen molar-refractivity contribution in [3.8, 4) is 0 Å². The third-order valence-corrected chi connectivity index (χ3v) is 3.17. The number of Topliss-reactive ketones (excluding diaryl/α,β-unsaturated/α-hetero) is 1. The summed E-state index contributed by atoms with van der Waals surface area (Å²) in [7, 11) is 0. The molecule has 2 atom stereocenters. The molecule has 3 nitrogen and oxygen atoms in total. The summed E-state index contributed by atoms with van der Waals surface area (Å²) < 4.78 is 13.1. The smallest absolute Gasteiger partial charge is 0.223 e. The van der Waals surface area contributed by atoms with Crippen molar-refractivity contribution in [2.75, 3.05) is 6.54 Å². The first-order valence-corrected chi connectivity index (χ1v) is 4.52. The number of halogens is 1. The van der Waals surface area contributed by atoms with Crippen LogP contribution in [0.2, 0.25) is 0 Å². The van der Waals surface area contributed by atoms with E-state index in [9.17, 15) is 14.0 Å². The fourth-order valence-electron chi connectivity index (χ4n) is 2.45. The molecule has 4 heteroatoms. The molecule has 2 heterocycles. The number of fused-ring (bicyclic) bond motifs is 1. The van der Waals surface area contributed by atoms with E-state index in [1.807, 2.05) is 0 Å². The first-order valence-electron chi connectivity index (χ1n) is 4.52. The van der Waals surface area contributed by atoms with Gasteiger partial charge in [0, 0.05) is 12.8 Å². The Balaban J connectivity index is 2.35. The minimum atomic E-state index is -1.02. The third-order valence-electron chi connectivity index (χ3n) is 3.17. The second-order valence-electron chi connectivity index (χ2n) is 3.89. The molecule has 0 aliphatic carbocycles. The molecule has 0 aromatic carbocycles. The van der Waals surface area contributed by atoms with E-state index in [4.69, 9.17) is 0 Å². The van der Waals surface area contributed by atoms with Crippen LogP contribution in [0.4, 0.5) is 4.39 Å². The van der Waals surface area contributed by atoms with Gasteiger partial charge in [0.1, 0.15) is 11.7 Å². The maximum Gasteiger partial charge on any atom is 0.223 e. The van der Waals surface area contributed by atoms with Gasteiger partial charge < -0.3 is 4.90 Å². The Morgan fingerprint density at radius 2 is 2.38 bits per heavy atom. The number of alkyl halides is 1. The maximum atomic E-state index is 13.1. The molecule has 13 heavy (non-hydrogen) atoms. The minimum absolute atomic E-state index is 0.0708. The average Bonchev–Trinajstić information content (AvgIpc) is 2.51. The molecule has 2 fully saturated rings. The predicted octanol–water partition coefficient (Wildman–Crippen LogP) is 0.678. The van der Waals surface area contributed by atoms with Crippen LogP contribution in [0.15, 0.2) is 0 Å². The molecule has 72 valence electrons. The van der Waals surface area contributed by atoms with Crippen LogP contribution >= 0.6 is 0 Å². The molecule has 0 radical (unpaired) electrons. The van der Waals surface area contributed by atoms with Gasteiger partial charge in [-0.2, -0.15) is 0 Å². The third kappa shape index (κ3) is 1.01. The van der Waals surface area contributed by atoms with E-state index in [0.717, 1.165) is 0 Å². The van der Waals surface area contributed by atoms with Gasteiger partial charge in [-0.3, -0.25) is 9.59 Å². The van der Waals surface area contributed by atoms with Crippen molar-refractivity contribution in [2.45, 2.75) is 37.9 Å². The van der Waals surface area contributed by atoms with E-state index < -0.39 is 11.7 Å². The van der Waals surface area contributed by atoms with Crippen LogP contribution in [-0.2, 0) is 9.59 Å². The van der Waals surface area contributed by atoms with Crippen molar-refractivity contribution in [3.63, 3.8) is 0 Å². The molecule has 0 aromatic heterocycles. The van der Waals surface area contributed by atoms with Crippen molar-refractivity contribution in [2.24, 2.45) is 0 Å². The van der Waals surface area contributed by atoms with Gasteiger partial charge in [-0.05, 0) is 13.3 Å². The van der Waals surface area contributed by atoms with Crippen molar-refractivity contribution in [3.05, 3.63) is 0 Å². The summed E-state index contributed by atoms with van der Waals surface area (Å²) in [5.41, 5.74) is -0.781. The molecule has 2 rings (SSSR count). The number of hydrogen-bond acceptors (Lipinski definition) is 2. The largest absolute Gasteiger partial charge is 0.327 e. The molecule has 2 saturated heterocycles. The lowest BCUT2D eigenvalue weighted by Crippen LogP contribution is -2.45. The highest BCUT2D eigenvalue weighted by atomic mass is 19.1. The van der Waals surface area contributed by atoms with Gasteiger partial charge in [-0.1, -0.05) is 0 Å². The molecule has 0 saturated carbocycles. The molecular formula is C9H12FNO2. The molecule has 1 amide bonds. The van der Waals surface area contributed by atoms with Gasteiger partial charge in [-0.25, -0.2) is 4.39 Å². The van der Waals surface area contributed by atoms with E-state index in [0.29, 0.717) is 12.8 Å². The van der Waals surface area contributed by atoms with Crippen LogP contribution in [0.5, 0.6) is 0 Å². The fourth-order valence-corrected chi connectivity index (χ4v) is 2.45. The monoisotopic (exact) mass is 185 g/mol. The zero-order valence-corrected chi connectivity index (χ0v) is 7.55. The maximum absolute atomic E-state index is 13.1. The Morgan fingerprint density at radius 1 is 1.69 bits per heavy atom. The van der Waals surface area contributed by atoms with Gasteiger partial charge in [-0.15, -0.1) is 0 Å². The van der Waals surface area contributed by atoms with Gasteiger partial charge in [0.15, 0.2) is 5.78 Å². The van der Waals surface area contributed by atoms with Crippen molar-refractivity contribution in [1.82, 2.24) is 4.90 Å². The van der Waals surface area contributed by atoms with Crippen LogP contribution in [0, 0.1) is 0 Å². The number of rotatable bonds is 1. The molecular weight excluding hydrogens is 173 g/mol.